The topological polar surface area (TPSA) is 66.9 Å². The molecule has 1 aliphatic heterocycles. The van der Waals surface area contributed by atoms with E-state index in [1.54, 1.807) is 48.4 Å². The van der Waals surface area contributed by atoms with Gasteiger partial charge in [-0.3, -0.25) is 14.4 Å². The molecular formula is C21H22N2O4. The molecule has 0 bridgehead atoms. The summed E-state index contributed by atoms with van der Waals surface area (Å²) >= 11 is 0. The second-order valence-electron chi connectivity index (χ2n) is 6.51. The zero-order valence-electron chi connectivity index (χ0n) is 15.5. The maximum atomic E-state index is 12.6. The lowest BCUT2D eigenvalue weighted by Gasteiger charge is -2.34. The number of methoxy groups -OCH3 is 1. The van der Waals surface area contributed by atoms with E-state index in [1.807, 2.05) is 19.1 Å². The summed E-state index contributed by atoms with van der Waals surface area (Å²) in [6.45, 7) is 3.39. The highest BCUT2D eigenvalue weighted by Gasteiger charge is 2.28. The summed E-state index contributed by atoms with van der Waals surface area (Å²) in [4.78, 5) is 40.7. The van der Waals surface area contributed by atoms with E-state index in [4.69, 9.17) is 4.74 Å². The normalized spacial score (nSPS) is 14.0. The van der Waals surface area contributed by atoms with Gasteiger partial charge in [0.05, 0.1) is 7.11 Å². The molecule has 140 valence electrons. The van der Waals surface area contributed by atoms with Gasteiger partial charge in [0, 0.05) is 37.3 Å². The van der Waals surface area contributed by atoms with Crippen LogP contribution in [0.2, 0.25) is 0 Å². The maximum absolute atomic E-state index is 12.6. The van der Waals surface area contributed by atoms with E-state index in [2.05, 4.69) is 0 Å². The fraction of sp³-hybridized carbons (Fsp3) is 0.286. The first-order valence-electron chi connectivity index (χ1n) is 8.83. The number of benzene rings is 2. The van der Waals surface area contributed by atoms with Crippen LogP contribution in [0.1, 0.15) is 26.3 Å². The summed E-state index contributed by atoms with van der Waals surface area (Å²) in [5.41, 5.74) is 1.97. The van der Waals surface area contributed by atoms with Crippen LogP contribution < -0.4 is 4.74 Å². The summed E-state index contributed by atoms with van der Waals surface area (Å²) in [7, 11) is 1.55. The number of aryl methyl sites for hydroxylation is 1. The lowest BCUT2D eigenvalue weighted by Crippen LogP contribution is -2.52. The lowest BCUT2D eigenvalue weighted by atomic mass is 10.1. The van der Waals surface area contributed by atoms with Crippen LogP contribution in [0.5, 0.6) is 5.75 Å². The molecule has 0 saturated carbocycles. The van der Waals surface area contributed by atoms with Crippen LogP contribution in [-0.2, 0) is 4.79 Å². The molecule has 2 aromatic rings. The highest BCUT2D eigenvalue weighted by atomic mass is 16.5. The Morgan fingerprint density at radius 2 is 1.48 bits per heavy atom. The van der Waals surface area contributed by atoms with Gasteiger partial charge in [0.1, 0.15) is 5.75 Å². The third-order valence-corrected chi connectivity index (χ3v) is 4.68. The monoisotopic (exact) mass is 366 g/mol. The molecule has 27 heavy (non-hydrogen) atoms. The van der Waals surface area contributed by atoms with E-state index < -0.39 is 11.7 Å². The van der Waals surface area contributed by atoms with Crippen LogP contribution in [0.4, 0.5) is 0 Å². The summed E-state index contributed by atoms with van der Waals surface area (Å²) < 4.78 is 5.16. The van der Waals surface area contributed by atoms with E-state index in [0.717, 1.165) is 5.56 Å². The predicted octanol–water partition coefficient (Wildman–Crippen LogP) is 2.17. The third kappa shape index (κ3) is 4.16. The minimum atomic E-state index is -0.521. The Morgan fingerprint density at radius 3 is 2.11 bits per heavy atom. The number of hydrogen-bond donors (Lipinski definition) is 0. The second kappa shape index (κ2) is 8.03. The average Bonchev–Trinajstić information content (AvgIpc) is 2.73. The molecule has 2 amide bonds. The van der Waals surface area contributed by atoms with E-state index >= 15 is 0 Å². The zero-order valence-corrected chi connectivity index (χ0v) is 15.5. The number of ether oxygens (including phenoxy) is 1. The van der Waals surface area contributed by atoms with Crippen LogP contribution in [-0.4, -0.2) is 60.7 Å². The fourth-order valence-corrected chi connectivity index (χ4v) is 3.02. The highest BCUT2D eigenvalue weighted by Crippen LogP contribution is 2.16. The van der Waals surface area contributed by atoms with Crippen molar-refractivity contribution in [3.05, 3.63) is 65.2 Å². The summed E-state index contributed by atoms with van der Waals surface area (Å²) in [5, 5.41) is 0. The van der Waals surface area contributed by atoms with E-state index in [-0.39, 0.29) is 5.91 Å². The molecule has 0 spiro atoms. The van der Waals surface area contributed by atoms with Crippen LogP contribution in [0.3, 0.4) is 0 Å². The summed E-state index contributed by atoms with van der Waals surface area (Å²) in [6, 6.07) is 13.9. The van der Waals surface area contributed by atoms with Crippen molar-refractivity contribution in [2.45, 2.75) is 6.92 Å². The van der Waals surface area contributed by atoms with Crippen LogP contribution >= 0.6 is 0 Å². The van der Waals surface area contributed by atoms with Gasteiger partial charge in [-0.1, -0.05) is 35.9 Å². The van der Waals surface area contributed by atoms with Crippen LogP contribution in [0.15, 0.2) is 48.5 Å². The van der Waals surface area contributed by atoms with Crippen molar-refractivity contribution in [2.75, 3.05) is 33.3 Å². The van der Waals surface area contributed by atoms with E-state index in [1.165, 1.54) is 4.90 Å². The predicted molar refractivity (Wildman–Crippen MR) is 101 cm³/mol. The van der Waals surface area contributed by atoms with Gasteiger partial charge in [-0.05, 0) is 25.1 Å². The number of nitrogens with zero attached hydrogens (tertiary/aromatic N) is 2. The largest absolute Gasteiger partial charge is 0.497 e. The smallest absolute Gasteiger partial charge is 0.295 e. The molecule has 0 radical (unpaired) electrons. The van der Waals surface area contributed by atoms with Crippen LogP contribution in [0, 0.1) is 6.92 Å². The minimum Gasteiger partial charge on any atom is -0.497 e. The molecular weight excluding hydrogens is 344 g/mol. The molecule has 1 fully saturated rings. The minimum absolute atomic E-state index is 0.106. The van der Waals surface area contributed by atoms with Crippen molar-refractivity contribution in [1.29, 1.82) is 0 Å². The molecule has 0 atom stereocenters. The summed E-state index contributed by atoms with van der Waals surface area (Å²) in [6.07, 6.45) is 0. The number of amides is 2. The molecule has 6 nitrogen and oxygen atoms in total. The van der Waals surface area contributed by atoms with E-state index in [0.29, 0.717) is 43.1 Å². The van der Waals surface area contributed by atoms with Gasteiger partial charge in [0.25, 0.3) is 11.8 Å². The molecule has 0 unspecified atom stereocenters. The molecule has 0 aromatic heterocycles. The Hall–Kier alpha value is -3.15. The first-order valence-corrected chi connectivity index (χ1v) is 8.83. The Balaban J connectivity index is 1.61. The van der Waals surface area contributed by atoms with Crippen molar-refractivity contribution in [2.24, 2.45) is 0 Å². The Kier molecular flexibility index (Phi) is 5.54. The van der Waals surface area contributed by atoms with Gasteiger partial charge in [-0.15, -0.1) is 0 Å². The number of hydrogen-bond acceptors (Lipinski definition) is 4. The van der Waals surface area contributed by atoms with E-state index in [9.17, 15) is 14.4 Å². The average molecular weight is 366 g/mol. The Labute approximate surface area is 158 Å². The first-order chi connectivity index (χ1) is 13.0. The number of carbonyl (C=O) groups excluding carboxylic acids is 3. The lowest BCUT2D eigenvalue weighted by molar-refractivity contribution is -0.127. The molecule has 1 heterocycles. The number of piperazine rings is 1. The Bertz CT molecular complexity index is 853. The third-order valence-electron chi connectivity index (χ3n) is 4.68. The molecule has 6 heteroatoms. The standard InChI is InChI=1S/C21H22N2O4/c1-15-6-8-16(9-7-15)19(24)21(26)23-12-10-22(11-13-23)20(25)17-4-3-5-18(14-17)27-2/h3-9,14H,10-13H2,1-2H3. The number of carbonyl (C=O) groups is 3. The van der Waals surface area contributed by atoms with Crippen molar-refractivity contribution < 1.29 is 19.1 Å². The molecule has 0 N–H and O–H groups in total. The second-order valence-corrected chi connectivity index (χ2v) is 6.51. The van der Waals surface area contributed by atoms with Crippen molar-refractivity contribution in [3.63, 3.8) is 0 Å². The first kappa shape index (κ1) is 18.6. The van der Waals surface area contributed by atoms with Crippen molar-refractivity contribution in [1.82, 2.24) is 9.80 Å². The van der Waals surface area contributed by atoms with Crippen molar-refractivity contribution >= 4 is 17.6 Å². The fourth-order valence-electron chi connectivity index (χ4n) is 3.02. The quantitative estimate of drug-likeness (QED) is 0.614. The van der Waals surface area contributed by atoms with Gasteiger partial charge in [0.2, 0.25) is 5.78 Å². The molecule has 1 saturated heterocycles. The highest BCUT2D eigenvalue weighted by molar-refractivity contribution is 6.42. The molecule has 2 aromatic carbocycles. The zero-order chi connectivity index (χ0) is 19.4. The number of rotatable bonds is 4. The molecule has 1 aliphatic rings. The van der Waals surface area contributed by atoms with Gasteiger partial charge in [-0.25, -0.2) is 0 Å². The maximum Gasteiger partial charge on any atom is 0.295 e. The van der Waals surface area contributed by atoms with Gasteiger partial charge in [-0.2, -0.15) is 0 Å². The molecule has 0 aliphatic carbocycles. The Morgan fingerprint density at radius 1 is 0.852 bits per heavy atom. The summed E-state index contributed by atoms with van der Waals surface area (Å²) in [5.74, 6) is -0.515. The van der Waals surface area contributed by atoms with Gasteiger partial charge < -0.3 is 14.5 Å². The number of ketones is 1. The SMILES string of the molecule is COc1cccc(C(=O)N2CCN(C(=O)C(=O)c3ccc(C)cc3)CC2)c1. The number of Topliss-reactive ketones (excluding diaryl/α,β-unsaturated/α-hetero) is 1. The van der Waals surface area contributed by atoms with Crippen molar-refractivity contribution in [3.8, 4) is 5.75 Å². The molecule has 3 rings (SSSR count). The van der Waals surface area contributed by atoms with Gasteiger partial charge in [0.15, 0.2) is 0 Å². The van der Waals surface area contributed by atoms with Gasteiger partial charge >= 0.3 is 0 Å². The van der Waals surface area contributed by atoms with Crippen LogP contribution in [0.25, 0.3) is 0 Å².